The van der Waals surface area contributed by atoms with E-state index in [4.69, 9.17) is 5.11 Å². The Morgan fingerprint density at radius 1 is 1.21 bits per heavy atom. The molecule has 0 aliphatic carbocycles. The van der Waals surface area contributed by atoms with E-state index in [1.54, 1.807) is 0 Å². The molecule has 0 aromatic heterocycles. The van der Waals surface area contributed by atoms with Crippen LogP contribution in [0.25, 0.3) is 0 Å². The quantitative estimate of drug-likeness (QED) is 0.616. The van der Waals surface area contributed by atoms with Crippen LogP contribution in [0, 0.1) is 11.8 Å². The lowest BCUT2D eigenvalue weighted by Gasteiger charge is -2.15. The molecule has 0 saturated heterocycles. The highest BCUT2D eigenvalue weighted by molar-refractivity contribution is 5.70. The van der Waals surface area contributed by atoms with Crippen molar-refractivity contribution in [3.05, 3.63) is 0 Å². The first-order valence-electron chi connectivity index (χ1n) is 5.38. The second kappa shape index (κ2) is 7.77. The summed E-state index contributed by atoms with van der Waals surface area (Å²) < 4.78 is 11.7. The van der Waals surface area contributed by atoms with Gasteiger partial charge in [0.05, 0.1) is 12.6 Å². The third-order valence-electron chi connectivity index (χ3n) is 2.52. The molecule has 0 saturated carbocycles. The largest absolute Gasteiger partial charge is 0.481 e. The molecule has 1 atom stereocenters. The number of alkyl halides is 1. The van der Waals surface area contributed by atoms with Crippen LogP contribution in [-0.4, -0.2) is 17.8 Å². The van der Waals surface area contributed by atoms with E-state index in [1.165, 1.54) is 0 Å². The molecule has 1 N–H and O–H groups in total. The van der Waals surface area contributed by atoms with Crippen molar-refractivity contribution in [1.82, 2.24) is 0 Å². The molecule has 1 unspecified atom stereocenters. The lowest BCUT2D eigenvalue weighted by Crippen LogP contribution is -2.19. The van der Waals surface area contributed by atoms with Gasteiger partial charge >= 0.3 is 5.97 Å². The Kier molecular flexibility index (Phi) is 7.44. The maximum absolute atomic E-state index is 11.7. The molecule has 0 rings (SSSR count). The van der Waals surface area contributed by atoms with E-state index < -0.39 is 5.97 Å². The van der Waals surface area contributed by atoms with E-state index in [1.807, 2.05) is 13.8 Å². The number of unbranched alkanes of at least 4 members (excludes halogenated alkanes) is 3. The van der Waals surface area contributed by atoms with Crippen LogP contribution < -0.4 is 0 Å². The van der Waals surface area contributed by atoms with Crippen LogP contribution in [-0.2, 0) is 4.79 Å². The van der Waals surface area contributed by atoms with Crippen molar-refractivity contribution in [2.75, 3.05) is 6.67 Å². The van der Waals surface area contributed by atoms with Gasteiger partial charge in [-0.2, -0.15) is 0 Å². The van der Waals surface area contributed by atoms with E-state index in [9.17, 15) is 9.18 Å². The zero-order valence-corrected chi connectivity index (χ0v) is 9.13. The molecule has 0 aromatic carbocycles. The molecule has 0 radical (unpaired) electrons. The van der Waals surface area contributed by atoms with Gasteiger partial charge in [-0.25, -0.2) is 0 Å². The third-order valence-corrected chi connectivity index (χ3v) is 2.52. The minimum atomic E-state index is -0.703. The summed E-state index contributed by atoms with van der Waals surface area (Å²) in [5.41, 5.74) is 0. The van der Waals surface area contributed by atoms with Crippen molar-refractivity contribution in [3.8, 4) is 0 Å². The summed E-state index contributed by atoms with van der Waals surface area (Å²) in [6, 6.07) is 0. The Hall–Kier alpha value is -0.600. The summed E-state index contributed by atoms with van der Waals surface area (Å²) in [6.45, 7) is 3.60. The summed E-state index contributed by atoms with van der Waals surface area (Å²) in [5, 5.41) is 8.89. The molecule has 84 valence electrons. The van der Waals surface area contributed by atoms with Gasteiger partial charge < -0.3 is 5.11 Å². The molecule has 0 aliphatic heterocycles. The Labute approximate surface area is 85.5 Å². The molecule has 0 aromatic rings. The number of carbonyl (C=O) groups is 1. The summed E-state index contributed by atoms with van der Waals surface area (Å²) in [5.74, 6) is -0.750. The fraction of sp³-hybridized carbons (Fsp3) is 0.909. The first-order chi connectivity index (χ1) is 6.59. The van der Waals surface area contributed by atoms with Gasteiger partial charge in [0.15, 0.2) is 0 Å². The van der Waals surface area contributed by atoms with Crippen molar-refractivity contribution >= 4 is 5.97 Å². The Morgan fingerprint density at radius 2 is 1.79 bits per heavy atom. The summed E-state index contributed by atoms with van der Waals surface area (Å²) in [7, 11) is 0. The fourth-order valence-corrected chi connectivity index (χ4v) is 1.55. The Morgan fingerprint density at radius 3 is 2.21 bits per heavy atom. The predicted octanol–water partition coefficient (Wildman–Crippen LogP) is 3.26. The van der Waals surface area contributed by atoms with Gasteiger partial charge in [-0.15, -0.1) is 0 Å². The van der Waals surface area contributed by atoms with Gasteiger partial charge in [0.2, 0.25) is 0 Å². The lowest BCUT2D eigenvalue weighted by molar-refractivity contribution is -0.143. The third kappa shape index (κ3) is 5.95. The molecule has 14 heavy (non-hydrogen) atoms. The minimum absolute atomic E-state index is 0.189. The summed E-state index contributed by atoms with van der Waals surface area (Å²) in [6.07, 6.45) is 4.05. The average Bonchev–Trinajstić information content (AvgIpc) is 2.09. The molecular weight excluding hydrogens is 183 g/mol. The second-order valence-electron chi connectivity index (χ2n) is 4.08. The van der Waals surface area contributed by atoms with Crippen LogP contribution in [0.2, 0.25) is 0 Å². The second-order valence-corrected chi connectivity index (χ2v) is 4.08. The van der Waals surface area contributed by atoms with Gasteiger partial charge in [0.1, 0.15) is 0 Å². The van der Waals surface area contributed by atoms with Crippen molar-refractivity contribution in [1.29, 1.82) is 0 Å². The van der Waals surface area contributed by atoms with Crippen LogP contribution >= 0.6 is 0 Å². The number of aliphatic carboxylic acids is 1. The number of halogens is 1. The van der Waals surface area contributed by atoms with E-state index in [0.29, 0.717) is 6.42 Å². The highest BCUT2D eigenvalue weighted by Gasteiger charge is 2.20. The average molecular weight is 204 g/mol. The van der Waals surface area contributed by atoms with E-state index in [2.05, 4.69) is 0 Å². The Balaban J connectivity index is 3.57. The summed E-state index contributed by atoms with van der Waals surface area (Å²) in [4.78, 5) is 10.8. The maximum atomic E-state index is 11.7. The van der Waals surface area contributed by atoms with Gasteiger partial charge in [0, 0.05) is 0 Å². The van der Waals surface area contributed by atoms with Gasteiger partial charge in [-0.05, 0) is 18.8 Å². The lowest BCUT2D eigenvalue weighted by atomic mass is 9.90. The maximum Gasteiger partial charge on any atom is 0.306 e. The predicted molar refractivity (Wildman–Crippen MR) is 55.0 cm³/mol. The minimum Gasteiger partial charge on any atom is -0.481 e. The fourth-order valence-electron chi connectivity index (χ4n) is 1.55. The van der Waals surface area contributed by atoms with E-state index in [-0.39, 0.29) is 18.5 Å². The zero-order valence-electron chi connectivity index (χ0n) is 9.13. The van der Waals surface area contributed by atoms with Gasteiger partial charge in [0.25, 0.3) is 0 Å². The van der Waals surface area contributed by atoms with Crippen molar-refractivity contribution < 1.29 is 14.3 Å². The van der Waals surface area contributed by atoms with Crippen LogP contribution in [0.4, 0.5) is 4.39 Å². The molecule has 2 nitrogen and oxygen atoms in total. The van der Waals surface area contributed by atoms with Crippen LogP contribution in [0.15, 0.2) is 0 Å². The standard InChI is InChI=1S/C11H21FO2/c1-9(2)10(11(13)14)7-5-3-4-6-8-12/h9-10H,3-8H2,1-2H3,(H,13,14). The number of hydrogen-bond acceptors (Lipinski definition) is 1. The van der Waals surface area contributed by atoms with Crippen LogP contribution in [0.1, 0.15) is 46.0 Å². The first-order valence-corrected chi connectivity index (χ1v) is 5.38. The normalized spacial score (nSPS) is 13.1. The molecule has 0 aliphatic rings. The monoisotopic (exact) mass is 204 g/mol. The van der Waals surface area contributed by atoms with Crippen molar-refractivity contribution in [2.24, 2.45) is 11.8 Å². The topological polar surface area (TPSA) is 37.3 Å². The Bertz CT molecular complexity index is 157. The first kappa shape index (κ1) is 13.4. The van der Waals surface area contributed by atoms with Crippen molar-refractivity contribution in [2.45, 2.75) is 46.0 Å². The van der Waals surface area contributed by atoms with E-state index >= 15 is 0 Å². The van der Waals surface area contributed by atoms with Gasteiger partial charge in [-0.1, -0.05) is 33.1 Å². The molecule has 0 amide bonds. The SMILES string of the molecule is CC(C)C(CCCCCCF)C(=O)O. The number of carboxylic acid groups (broad SMARTS) is 1. The number of hydrogen-bond donors (Lipinski definition) is 1. The molecule has 0 heterocycles. The smallest absolute Gasteiger partial charge is 0.306 e. The summed E-state index contributed by atoms with van der Waals surface area (Å²) >= 11 is 0. The van der Waals surface area contributed by atoms with Crippen molar-refractivity contribution in [3.63, 3.8) is 0 Å². The molecule has 0 spiro atoms. The highest BCUT2D eigenvalue weighted by atomic mass is 19.1. The highest BCUT2D eigenvalue weighted by Crippen LogP contribution is 2.19. The molecule has 0 fully saturated rings. The molecule has 3 heteroatoms. The molecule has 0 bridgehead atoms. The van der Waals surface area contributed by atoms with E-state index in [0.717, 1.165) is 25.7 Å². The van der Waals surface area contributed by atoms with Crippen LogP contribution in [0.3, 0.4) is 0 Å². The zero-order chi connectivity index (χ0) is 11.0. The van der Waals surface area contributed by atoms with Gasteiger partial charge in [-0.3, -0.25) is 9.18 Å². The molecular formula is C11H21FO2. The van der Waals surface area contributed by atoms with Crippen LogP contribution in [0.5, 0.6) is 0 Å². The number of carboxylic acids is 1. The number of rotatable bonds is 8.